The van der Waals surface area contributed by atoms with Crippen LogP contribution in [0.25, 0.3) is 11.0 Å². The van der Waals surface area contributed by atoms with Crippen LogP contribution in [0.4, 0.5) is 0 Å². The smallest absolute Gasteiger partial charge is 0.236 e. The van der Waals surface area contributed by atoms with Crippen molar-refractivity contribution in [2.75, 3.05) is 19.6 Å². The molecule has 0 aliphatic heterocycles. The number of likely N-dealkylation sites (N-methyl/N-ethyl adjacent to an activating group) is 1. The first kappa shape index (κ1) is 16.0. The molecule has 0 fully saturated rings. The molecule has 0 saturated carbocycles. The molecule has 1 unspecified atom stereocenters. The van der Waals surface area contributed by atoms with E-state index in [-0.39, 0.29) is 11.9 Å². The lowest BCUT2D eigenvalue weighted by Gasteiger charge is -2.20. The predicted octanol–water partition coefficient (Wildman–Crippen LogP) is 3.71. The van der Waals surface area contributed by atoms with Crippen molar-refractivity contribution in [3.63, 3.8) is 0 Å². The van der Waals surface area contributed by atoms with Gasteiger partial charge in [-0.15, -0.1) is 0 Å². The normalized spacial score (nSPS) is 12.6. The van der Waals surface area contributed by atoms with Gasteiger partial charge >= 0.3 is 0 Å². The third-order valence-electron chi connectivity index (χ3n) is 3.60. The van der Waals surface area contributed by atoms with E-state index in [9.17, 15) is 4.79 Å². The summed E-state index contributed by atoms with van der Waals surface area (Å²) < 4.78 is 6.85. The zero-order valence-corrected chi connectivity index (χ0v) is 14.2. The van der Waals surface area contributed by atoms with Crippen LogP contribution in [-0.2, 0) is 4.79 Å². The minimum atomic E-state index is -0.00399. The number of furan rings is 1. The van der Waals surface area contributed by atoms with Crippen molar-refractivity contribution in [2.45, 2.75) is 26.8 Å². The van der Waals surface area contributed by atoms with E-state index < -0.39 is 0 Å². The monoisotopic (exact) mass is 352 g/mol. The van der Waals surface area contributed by atoms with E-state index in [0.717, 1.165) is 34.3 Å². The summed E-state index contributed by atoms with van der Waals surface area (Å²) in [5.74, 6) is 0.959. The van der Waals surface area contributed by atoms with Gasteiger partial charge in [-0.05, 0) is 45.0 Å². The van der Waals surface area contributed by atoms with E-state index in [2.05, 4.69) is 21.2 Å². The highest BCUT2D eigenvalue weighted by molar-refractivity contribution is 9.10. The molecule has 1 N–H and O–H groups in total. The zero-order valence-electron chi connectivity index (χ0n) is 12.6. The molecule has 114 valence electrons. The van der Waals surface area contributed by atoms with Crippen molar-refractivity contribution in [3.05, 3.63) is 34.5 Å². The Morgan fingerprint density at radius 3 is 2.71 bits per heavy atom. The Labute approximate surface area is 133 Å². The third kappa shape index (κ3) is 3.86. The zero-order chi connectivity index (χ0) is 15.4. The van der Waals surface area contributed by atoms with Gasteiger partial charge in [0.2, 0.25) is 5.91 Å². The Bertz CT molecular complexity index is 620. The molecule has 0 aliphatic rings. The molecule has 0 saturated heterocycles. The van der Waals surface area contributed by atoms with E-state index in [0.29, 0.717) is 6.54 Å². The van der Waals surface area contributed by atoms with Crippen LogP contribution in [0, 0.1) is 0 Å². The number of carbonyl (C=O) groups is 1. The van der Waals surface area contributed by atoms with Gasteiger partial charge in [-0.1, -0.05) is 15.9 Å². The minimum Gasteiger partial charge on any atom is -0.459 e. The molecule has 0 radical (unpaired) electrons. The largest absolute Gasteiger partial charge is 0.459 e. The second-order valence-electron chi connectivity index (χ2n) is 5.00. The van der Waals surface area contributed by atoms with Crippen LogP contribution < -0.4 is 5.32 Å². The van der Waals surface area contributed by atoms with Crippen LogP contribution in [0.5, 0.6) is 0 Å². The molecule has 1 atom stereocenters. The maximum atomic E-state index is 12.0. The average molecular weight is 353 g/mol. The SMILES string of the molecule is CCN(CC)C(=O)CNC(C)c1cc2cc(Br)ccc2o1. The molecule has 4 nitrogen and oxygen atoms in total. The quantitative estimate of drug-likeness (QED) is 0.861. The van der Waals surface area contributed by atoms with Gasteiger partial charge in [0.25, 0.3) is 0 Å². The number of amides is 1. The molecule has 5 heteroatoms. The maximum absolute atomic E-state index is 12.0. The van der Waals surface area contributed by atoms with Gasteiger partial charge in [0.05, 0.1) is 12.6 Å². The van der Waals surface area contributed by atoms with Gasteiger partial charge < -0.3 is 9.32 Å². The lowest BCUT2D eigenvalue weighted by atomic mass is 10.2. The molecule has 0 aliphatic carbocycles. The number of rotatable bonds is 6. The van der Waals surface area contributed by atoms with Crippen molar-refractivity contribution in [2.24, 2.45) is 0 Å². The van der Waals surface area contributed by atoms with Gasteiger partial charge in [-0.25, -0.2) is 0 Å². The van der Waals surface area contributed by atoms with Crippen molar-refractivity contribution in [3.8, 4) is 0 Å². The Hall–Kier alpha value is -1.33. The van der Waals surface area contributed by atoms with Gasteiger partial charge in [0.15, 0.2) is 0 Å². The summed E-state index contributed by atoms with van der Waals surface area (Å²) in [6.07, 6.45) is 0. The molecular weight excluding hydrogens is 332 g/mol. The second-order valence-corrected chi connectivity index (χ2v) is 5.92. The number of benzene rings is 1. The average Bonchev–Trinajstić information content (AvgIpc) is 2.89. The van der Waals surface area contributed by atoms with Gasteiger partial charge in [0.1, 0.15) is 11.3 Å². The predicted molar refractivity (Wildman–Crippen MR) is 88.3 cm³/mol. The fourth-order valence-corrected chi connectivity index (χ4v) is 2.66. The molecular formula is C16H21BrN2O2. The summed E-state index contributed by atoms with van der Waals surface area (Å²) in [7, 11) is 0. The summed E-state index contributed by atoms with van der Waals surface area (Å²) in [5, 5.41) is 4.29. The molecule has 2 aromatic rings. The number of hydrogen-bond acceptors (Lipinski definition) is 3. The first-order chi connectivity index (χ1) is 10.0. The fraction of sp³-hybridized carbons (Fsp3) is 0.438. The molecule has 1 amide bonds. The Kier molecular flexibility index (Phi) is 5.42. The first-order valence-corrected chi connectivity index (χ1v) is 8.04. The maximum Gasteiger partial charge on any atom is 0.236 e. The Balaban J connectivity index is 2.01. The summed E-state index contributed by atoms with van der Waals surface area (Å²) in [4.78, 5) is 13.8. The summed E-state index contributed by atoms with van der Waals surface area (Å²) >= 11 is 3.45. The lowest BCUT2D eigenvalue weighted by Crippen LogP contribution is -2.38. The molecule has 1 aromatic heterocycles. The van der Waals surface area contributed by atoms with Crippen LogP contribution in [0.1, 0.15) is 32.6 Å². The molecule has 1 aromatic carbocycles. The van der Waals surface area contributed by atoms with Crippen molar-refractivity contribution < 1.29 is 9.21 Å². The highest BCUT2D eigenvalue weighted by Gasteiger charge is 2.15. The lowest BCUT2D eigenvalue weighted by molar-refractivity contribution is -0.130. The van der Waals surface area contributed by atoms with Crippen molar-refractivity contribution >= 4 is 32.8 Å². The summed E-state index contributed by atoms with van der Waals surface area (Å²) in [6.45, 7) is 7.78. The Morgan fingerprint density at radius 2 is 2.05 bits per heavy atom. The molecule has 2 rings (SSSR count). The summed E-state index contributed by atoms with van der Waals surface area (Å²) in [6, 6.07) is 7.93. The van der Waals surface area contributed by atoms with E-state index in [4.69, 9.17) is 4.42 Å². The van der Waals surface area contributed by atoms with E-state index in [1.54, 1.807) is 0 Å². The van der Waals surface area contributed by atoms with Crippen LogP contribution in [0.15, 0.2) is 33.2 Å². The fourth-order valence-electron chi connectivity index (χ4n) is 2.28. The number of hydrogen-bond donors (Lipinski definition) is 1. The van der Waals surface area contributed by atoms with Gasteiger partial charge in [0, 0.05) is 22.9 Å². The third-order valence-corrected chi connectivity index (χ3v) is 4.09. The van der Waals surface area contributed by atoms with Crippen molar-refractivity contribution in [1.29, 1.82) is 0 Å². The van der Waals surface area contributed by atoms with Crippen LogP contribution in [0.3, 0.4) is 0 Å². The van der Waals surface area contributed by atoms with E-state index in [1.165, 1.54) is 0 Å². The van der Waals surface area contributed by atoms with E-state index >= 15 is 0 Å². The summed E-state index contributed by atoms with van der Waals surface area (Å²) in [5.41, 5.74) is 0.858. The number of nitrogens with zero attached hydrogens (tertiary/aromatic N) is 1. The Morgan fingerprint density at radius 1 is 1.33 bits per heavy atom. The van der Waals surface area contributed by atoms with Gasteiger partial charge in [-0.2, -0.15) is 0 Å². The second kappa shape index (κ2) is 7.09. The molecule has 0 bridgehead atoms. The standard InChI is InChI=1S/C16H21BrN2O2/c1-4-19(5-2)16(20)10-18-11(3)15-9-12-8-13(17)6-7-14(12)21-15/h6-9,11,18H,4-5,10H2,1-3H3. The molecule has 1 heterocycles. The number of carbonyl (C=O) groups excluding carboxylic acids is 1. The number of fused-ring (bicyclic) bond motifs is 1. The molecule has 21 heavy (non-hydrogen) atoms. The minimum absolute atomic E-state index is 0.00399. The number of halogens is 1. The van der Waals surface area contributed by atoms with E-state index in [1.807, 2.05) is 49.9 Å². The first-order valence-electron chi connectivity index (χ1n) is 7.25. The number of nitrogens with one attached hydrogen (secondary N) is 1. The van der Waals surface area contributed by atoms with Crippen molar-refractivity contribution in [1.82, 2.24) is 10.2 Å². The highest BCUT2D eigenvalue weighted by atomic mass is 79.9. The topological polar surface area (TPSA) is 45.5 Å². The van der Waals surface area contributed by atoms with Gasteiger partial charge in [-0.3, -0.25) is 10.1 Å². The van der Waals surface area contributed by atoms with Crippen LogP contribution >= 0.6 is 15.9 Å². The van der Waals surface area contributed by atoms with Crippen LogP contribution in [0.2, 0.25) is 0 Å². The molecule has 0 spiro atoms. The highest BCUT2D eigenvalue weighted by Crippen LogP contribution is 2.26. The van der Waals surface area contributed by atoms with Crippen LogP contribution in [-0.4, -0.2) is 30.4 Å².